The van der Waals surface area contributed by atoms with Gasteiger partial charge < -0.3 is 5.73 Å². The summed E-state index contributed by atoms with van der Waals surface area (Å²) in [5.74, 6) is -0.156. The molecule has 0 spiro atoms. The first-order chi connectivity index (χ1) is 14.2. The second-order valence-corrected chi connectivity index (χ2v) is 8.07. The number of rotatable bonds is 21. The summed E-state index contributed by atoms with van der Waals surface area (Å²) < 4.78 is 0. The molecule has 0 aromatic heterocycles. The Bertz CT molecular complexity index is 357. The summed E-state index contributed by atoms with van der Waals surface area (Å²) in [6, 6.07) is 0. The highest BCUT2D eigenvalue weighted by molar-refractivity contribution is 5.73. The fourth-order valence-corrected chi connectivity index (χ4v) is 3.17. The van der Waals surface area contributed by atoms with Crippen LogP contribution in [0.1, 0.15) is 136 Å². The van der Waals surface area contributed by atoms with Crippen molar-refractivity contribution in [2.24, 2.45) is 10.9 Å². The third-order valence-corrected chi connectivity index (χ3v) is 5.00. The Labute approximate surface area is 181 Å². The Balaban J connectivity index is 0. The van der Waals surface area contributed by atoms with Crippen LogP contribution in [0.4, 0.5) is 0 Å². The molecule has 29 heavy (non-hydrogen) atoms. The Hall–Kier alpha value is -1.19. The van der Waals surface area contributed by atoms with E-state index in [1.54, 1.807) is 0 Å². The molecule has 0 aliphatic heterocycles. The van der Waals surface area contributed by atoms with Crippen LogP contribution < -0.4 is 5.73 Å². The quantitative estimate of drug-likeness (QED) is 0.117. The van der Waals surface area contributed by atoms with E-state index in [-0.39, 0.29) is 5.91 Å². The Morgan fingerprint density at radius 2 is 1.07 bits per heavy atom. The molecule has 0 aliphatic carbocycles. The van der Waals surface area contributed by atoms with Crippen molar-refractivity contribution in [1.29, 1.82) is 0 Å². The van der Waals surface area contributed by atoms with Crippen molar-refractivity contribution in [3.8, 4) is 0 Å². The van der Waals surface area contributed by atoms with Crippen molar-refractivity contribution in [2.75, 3.05) is 6.54 Å². The second-order valence-electron chi connectivity index (χ2n) is 8.07. The van der Waals surface area contributed by atoms with Crippen molar-refractivity contribution in [1.82, 2.24) is 0 Å². The number of hydrogen-bond acceptors (Lipinski definition) is 3. The highest BCUT2D eigenvalue weighted by Crippen LogP contribution is 2.12. The number of hydrogen-bond donors (Lipinski definition) is 1. The van der Waals surface area contributed by atoms with Crippen LogP contribution in [-0.4, -0.2) is 12.5 Å². The maximum absolute atomic E-state index is 10.6. The van der Waals surface area contributed by atoms with Crippen molar-refractivity contribution in [3.63, 3.8) is 0 Å². The van der Waals surface area contributed by atoms with Gasteiger partial charge in [0, 0.05) is 6.42 Å². The summed E-state index contributed by atoms with van der Waals surface area (Å²) in [6.07, 6.45) is 28.7. The van der Waals surface area contributed by atoms with Crippen LogP contribution in [0.25, 0.3) is 0 Å². The standard InChI is InChI=1S/C22H43NO.C3H7NO/c1-2-3-4-5-6-7-8-9-10-11-12-13-14-15-16-17-18-19-20-21-22(23)24;1-2-3-4-5/h9-10H,2-8,11-21H2,1H3,(H2,23,24);2-3H2,1H3/b10-9-;. The van der Waals surface area contributed by atoms with Gasteiger partial charge in [-0.3, -0.25) is 4.79 Å². The molecule has 0 aromatic carbocycles. The number of nitroso groups, excluding NO2 is 1. The minimum atomic E-state index is -0.156. The molecule has 0 heterocycles. The zero-order valence-electron chi connectivity index (χ0n) is 19.6. The maximum Gasteiger partial charge on any atom is 0.217 e. The van der Waals surface area contributed by atoms with E-state index in [1.165, 1.54) is 96.3 Å². The average Bonchev–Trinajstić information content (AvgIpc) is 2.70. The van der Waals surface area contributed by atoms with Gasteiger partial charge in [-0.15, -0.1) is 0 Å². The van der Waals surface area contributed by atoms with Crippen LogP contribution >= 0.6 is 0 Å². The molecule has 0 atom stereocenters. The third kappa shape index (κ3) is 34.7. The predicted octanol–water partition coefficient (Wildman–Crippen LogP) is 8.23. The summed E-state index contributed by atoms with van der Waals surface area (Å²) >= 11 is 0. The molecule has 4 nitrogen and oxygen atoms in total. The number of allylic oxidation sites excluding steroid dienone is 2. The van der Waals surface area contributed by atoms with E-state index in [4.69, 9.17) is 10.6 Å². The highest BCUT2D eigenvalue weighted by atomic mass is 16.3. The SMILES string of the molecule is CCCCCCCC/C=C\CCCCCCCCCCCC(N)=O.CCCN=O. The van der Waals surface area contributed by atoms with Gasteiger partial charge in [-0.05, 0) is 38.5 Å². The van der Waals surface area contributed by atoms with Gasteiger partial charge in [0.1, 0.15) is 0 Å². The molecule has 0 aromatic rings. The van der Waals surface area contributed by atoms with E-state index < -0.39 is 0 Å². The Kier molecular flexibility index (Phi) is 30.0. The van der Waals surface area contributed by atoms with Gasteiger partial charge in [0.05, 0.1) is 6.54 Å². The third-order valence-electron chi connectivity index (χ3n) is 5.00. The Morgan fingerprint density at radius 1 is 0.655 bits per heavy atom. The molecule has 1 amide bonds. The van der Waals surface area contributed by atoms with E-state index in [2.05, 4.69) is 24.3 Å². The molecule has 0 rings (SSSR count). The van der Waals surface area contributed by atoms with Gasteiger partial charge in [0.25, 0.3) is 0 Å². The summed E-state index contributed by atoms with van der Waals surface area (Å²) in [5.41, 5.74) is 5.13. The lowest BCUT2D eigenvalue weighted by Gasteiger charge is -2.01. The Morgan fingerprint density at radius 3 is 1.41 bits per heavy atom. The first kappa shape index (κ1) is 30.0. The van der Waals surface area contributed by atoms with Crippen molar-refractivity contribution in [2.45, 2.75) is 136 Å². The maximum atomic E-state index is 10.6. The van der Waals surface area contributed by atoms with Gasteiger partial charge in [0.15, 0.2) is 0 Å². The number of nitrogens with two attached hydrogens (primary N) is 1. The summed E-state index contributed by atoms with van der Waals surface area (Å²) in [5, 5.41) is 2.60. The van der Waals surface area contributed by atoms with Crippen molar-refractivity contribution < 1.29 is 4.79 Å². The minimum absolute atomic E-state index is 0.156. The molecule has 0 aliphatic rings. The molecule has 2 N–H and O–H groups in total. The van der Waals surface area contributed by atoms with Gasteiger partial charge >= 0.3 is 0 Å². The van der Waals surface area contributed by atoms with E-state index >= 15 is 0 Å². The fourth-order valence-electron chi connectivity index (χ4n) is 3.17. The molecule has 0 saturated carbocycles. The number of nitrogens with zero attached hydrogens (tertiary/aromatic N) is 1. The minimum Gasteiger partial charge on any atom is -0.370 e. The van der Waals surface area contributed by atoms with E-state index in [9.17, 15) is 4.79 Å². The summed E-state index contributed by atoms with van der Waals surface area (Å²) in [4.78, 5) is 19.8. The number of unbranched alkanes of at least 4 members (excludes halogenated alkanes) is 15. The molecule has 0 radical (unpaired) electrons. The highest BCUT2D eigenvalue weighted by Gasteiger charge is 1.95. The second kappa shape index (κ2) is 29.0. The number of primary amides is 1. The van der Waals surface area contributed by atoms with Crippen LogP contribution in [0.5, 0.6) is 0 Å². The van der Waals surface area contributed by atoms with Crippen molar-refractivity contribution >= 4 is 5.91 Å². The van der Waals surface area contributed by atoms with Gasteiger partial charge in [-0.25, -0.2) is 0 Å². The van der Waals surface area contributed by atoms with Gasteiger partial charge in [0.2, 0.25) is 5.91 Å². The molecular weight excluding hydrogens is 360 g/mol. The molecular formula is C25H50N2O2. The van der Waals surface area contributed by atoms with Crippen LogP contribution in [0.3, 0.4) is 0 Å². The van der Waals surface area contributed by atoms with E-state index in [1.807, 2.05) is 6.92 Å². The predicted molar refractivity (Wildman–Crippen MR) is 128 cm³/mol. The molecule has 172 valence electrons. The van der Waals surface area contributed by atoms with Crippen molar-refractivity contribution in [3.05, 3.63) is 17.1 Å². The monoisotopic (exact) mass is 410 g/mol. The lowest BCUT2D eigenvalue weighted by molar-refractivity contribution is -0.118. The summed E-state index contributed by atoms with van der Waals surface area (Å²) in [7, 11) is 0. The average molecular weight is 411 g/mol. The zero-order chi connectivity index (χ0) is 21.8. The number of amides is 1. The number of carbonyl (C=O) groups is 1. The van der Waals surface area contributed by atoms with E-state index in [0.717, 1.165) is 19.3 Å². The normalized spacial score (nSPS) is 10.7. The number of carbonyl (C=O) groups excluding carboxylic acids is 1. The zero-order valence-corrected chi connectivity index (χ0v) is 19.6. The molecule has 0 fully saturated rings. The van der Waals surface area contributed by atoms with Crippen LogP contribution in [0.15, 0.2) is 17.3 Å². The first-order valence-corrected chi connectivity index (χ1v) is 12.4. The topological polar surface area (TPSA) is 72.5 Å². The first-order valence-electron chi connectivity index (χ1n) is 12.4. The lowest BCUT2D eigenvalue weighted by Crippen LogP contribution is -2.09. The fraction of sp³-hybridized carbons (Fsp3) is 0.880. The van der Waals surface area contributed by atoms with E-state index in [0.29, 0.717) is 13.0 Å². The molecule has 4 heteroatoms. The van der Waals surface area contributed by atoms with Crippen LogP contribution in [0.2, 0.25) is 0 Å². The smallest absolute Gasteiger partial charge is 0.217 e. The van der Waals surface area contributed by atoms with Crippen LogP contribution in [0, 0.1) is 4.91 Å². The lowest BCUT2D eigenvalue weighted by atomic mass is 10.1. The summed E-state index contributed by atoms with van der Waals surface area (Å²) in [6.45, 7) is 4.65. The molecule has 0 saturated heterocycles. The molecule has 0 bridgehead atoms. The molecule has 0 unspecified atom stereocenters. The van der Waals surface area contributed by atoms with Crippen LogP contribution in [-0.2, 0) is 4.79 Å². The van der Waals surface area contributed by atoms with Gasteiger partial charge in [-0.2, -0.15) is 4.91 Å². The largest absolute Gasteiger partial charge is 0.370 e. The van der Waals surface area contributed by atoms with Gasteiger partial charge in [-0.1, -0.05) is 108 Å².